The highest BCUT2D eigenvalue weighted by Crippen LogP contribution is 2.30. The van der Waals surface area contributed by atoms with Crippen molar-refractivity contribution in [2.24, 2.45) is 0 Å². The van der Waals surface area contributed by atoms with Crippen LogP contribution in [0.15, 0.2) is 48.5 Å². The smallest absolute Gasteiger partial charge is 0.374 e. The van der Waals surface area contributed by atoms with Gasteiger partial charge in [0.1, 0.15) is 5.75 Å². The quantitative estimate of drug-likeness (QED) is 0.561. The van der Waals surface area contributed by atoms with Crippen molar-refractivity contribution in [1.29, 1.82) is 0 Å². The van der Waals surface area contributed by atoms with Crippen LogP contribution in [-0.2, 0) is 0 Å². The molecule has 0 atom stereocenters. The van der Waals surface area contributed by atoms with E-state index in [2.05, 4.69) is 30.3 Å². The Hall–Kier alpha value is -1.70. The van der Waals surface area contributed by atoms with Crippen LogP contribution in [0.1, 0.15) is 0 Å². The van der Waals surface area contributed by atoms with Crippen LogP contribution >= 0.6 is 0 Å². The molecule has 0 fully saturated rings. The van der Waals surface area contributed by atoms with Crippen molar-refractivity contribution in [3.05, 3.63) is 48.5 Å². The first kappa shape index (κ1) is 7.68. The van der Waals surface area contributed by atoms with E-state index in [1.165, 1.54) is 16.6 Å². The van der Waals surface area contributed by atoms with E-state index < -0.39 is 0 Å². The zero-order valence-electron chi connectivity index (χ0n) is 7.73. The molecule has 1 nitrogen and oxygen atoms in total. The Balaban J connectivity index is 2.29. The average Bonchev–Trinajstić information content (AvgIpc) is 2.29. The molecule has 14 heavy (non-hydrogen) atoms. The molecule has 0 amide bonds. The standard InChI is InChI=1S/C12H9BO/c1-3-7-11-9(5-1)10-6-2-4-8-12(10)14-13-11/h1-8,13H. The van der Waals surface area contributed by atoms with Crippen LogP contribution in [-0.4, -0.2) is 7.48 Å². The van der Waals surface area contributed by atoms with Crippen LogP contribution in [0, 0.1) is 0 Å². The zero-order valence-corrected chi connectivity index (χ0v) is 7.73. The summed E-state index contributed by atoms with van der Waals surface area (Å²) in [5.74, 6) is 0.992. The molecule has 0 radical (unpaired) electrons. The summed E-state index contributed by atoms with van der Waals surface area (Å²) in [5.41, 5.74) is 3.77. The normalized spacial score (nSPS) is 12.0. The molecule has 1 aliphatic heterocycles. The van der Waals surface area contributed by atoms with Crippen LogP contribution in [0.4, 0.5) is 0 Å². The maximum atomic E-state index is 5.65. The highest BCUT2D eigenvalue weighted by atomic mass is 16.4. The Bertz CT molecular complexity index is 434. The van der Waals surface area contributed by atoms with Gasteiger partial charge in [-0.15, -0.1) is 0 Å². The molecule has 3 rings (SSSR count). The van der Waals surface area contributed by atoms with Crippen LogP contribution in [0.25, 0.3) is 11.1 Å². The molecule has 2 aromatic carbocycles. The van der Waals surface area contributed by atoms with Gasteiger partial charge in [0.15, 0.2) is 0 Å². The molecule has 0 bridgehead atoms. The van der Waals surface area contributed by atoms with E-state index in [4.69, 9.17) is 4.65 Å². The first-order valence-corrected chi connectivity index (χ1v) is 4.75. The number of para-hydroxylation sites is 1. The molecule has 2 aromatic rings. The largest absolute Gasteiger partial charge is 0.559 e. The van der Waals surface area contributed by atoms with Crippen molar-refractivity contribution in [2.75, 3.05) is 0 Å². The van der Waals surface area contributed by atoms with E-state index in [-0.39, 0.29) is 0 Å². The van der Waals surface area contributed by atoms with Crippen LogP contribution in [0.2, 0.25) is 0 Å². The lowest BCUT2D eigenvalue weighted by molar-refractivity contribution is 0.603. The predicted octanol–water partition coefficient (Wildman–Crippen LogP) is 1.72. The van der Waals surface area contributed by atoms with Crippen molar-refractivity contribution in [3.63, 3.8) is 0 Å². The van der Waals surface area contributed by atoms with Gasteiger partial charge in [0.2, 0.25) is 0 Å². The fourth-order valence-electron chi connectivity index (χ4n) is 1.88. The lowest BCUT2D eigenvalue weighted by Gasteiger charge is -2.19. The maximum Gasteiger partial charge on any atom is 0.374 e. The lowest BCUT2D eigenvalue weighted by atomic mass is 9.78. The molecular weight excluding hydrogens is 171 g/mol. The third-order valence-corrected chi connectivity index (χ3v) is 2.58. The van der Waals surface area contributed by atoms with Gasteiger partial charge in [0.25, 0.3) is 0 Å². The van der Waals surface area contributed by atoms with Gasteiger partial charge < -0.3 is 4.65 Å². The fraction of sp³-hybridized carbons (Fsp3) is 0. The van der Waals surface area contributed by atoms with Crippen LogP contribution in [0.3, 0.4) is 0 Å². The minimum atomic E-state index is 0.688. The highest BCUT2D eigenvalue weighted by Gasteiger charge is 2.16. The maximum absolute atomic E-state index is 5.65. The van der Waals surface area contributed by atoms with Crippen LogP contribution in [0.5, 0.6) is 5.75 Å². The summed E-state index contributed by atoms with van der Waals surface area (Å²) in [7, 11) is 0.688. The zero-order chi connectivity index (χ0) is 9.38. The first-order chi connectivity index (χ1) is 6.95. The Morgan fingerprint density at radius 1 is 0.786 bits per heavy atom. The van der Waals surface area contributed by atoms with Crippen molar-refractivity contribution in [2.45, 2.75) is 0 Å². The first-order valence-electron chi connectivity index (χ1n) is 4.75. The highest BCUT2D eigenvalue weighted by molar-refractivity contribution is 6.51. The predicted molar refractivity (Wildman–Crippen MR) is 59.3 cm³/mol. The molecule has 0 aromatic heterocycles. The van der Waals surface area contributed by atoms with Gasteiger partial charge in [-0.25, -0.2) is 0 Å². The summed E-state index contributed by atoms with van der Waals surface area (Å²) in [6.45, 7) is 0. The molecule has 0 saturated heterocycles. The SMILES string of the molecule is B1Oc2ccccc2-c2ccccc21. The number of benzene rings is 2. The van der Waals surface area contributed by atoms with Crippen molar-refractivity contribution >= 4 is 12.9 Å². The van der Waals surface area contributed by atoms with Gasteiger partial charge in [-0.3, -0.25) is 0 Å². The van der Waals surface area contributed by atoms with Gasteiger partial charge in [0.05, 0.1) is 0 Å². The van der Waals surface area contributed by atoms with Gasteiger partial charge in [-0.1, -0.05) is 42.5 Å². The number of fused-ring (bicyclic) bond motifs is 3. The molecule has 0 N–H and O–H groups in total. The summed E-state index contributed by atoms with van der Waals surface area (Å²) < 4.78 is 5.65. The third kappa shape index (κ3) is 1.04. The van der Waals surface area contributed by atoms with Gasteiger partial charge in [-0.05, 0) is 17.1 Å². The molecular formula is C12H9BO. The summed E-state index contributed by atoms with van der Waals surface area (Å²) in [5, 5.41) is 0. The topological polar surface area (TPSA) is 9.23 Å². The van der Waals surface area contributed by atoms with E-state index in [0.717, 1.165) is 5.75 Å². The van der Waals surface area contributed by atoms with E-state index in [1.54, 1.807) is 0 Å². The van der Waals surface area contributed by atoms with Gasteiger partial charge in [0, 0.05) is 5.56 Å². The summed E-state index contributed by atoms with van der Waals surface area (Å²) in [6.07, 6.45) is 0. The summed E-state index contributed by atoms with van der Waals surface area (Å²) in [4.78, 5) is 0. The number of hydrogen-bond acceptors (Lipinski definition) is 1. The van der Waals surface area contributed by atoms with Crippen LogP contribution < -0.4 is 10.1 Å². The van der Waals surface area contributed by atoms with E-state index in [9.17, 15) is 0 Å². The Morgan fingerprint density at radius 3 is 2.43 bits per heavy atom. The monoisotopic (exact) mass is 180 g/mol. The molecule has 0 spiro atoms. The van der Waals surface area contributed by atoms with Gasteiger partial charge >= 0.3 is 7.48 Å². The molecule has 66 valence electrons. The second kappa shape index (κ2) is 2.91. The van der Waals surface area contributed by atoms with E-state index in [1.807, 2.05) is 18.2 Å². The molecule has 1 aliphatic rings. The Kier molecular flexibility index (Phi) is 1.60. The Labute approximate surface area is 83.6 Å². The van der Waals surface area contributed by atoms with Gasteiger partial charge in [-0.2, -0.15) is 0 Å². The molecule has 1 heterocycles. The molecule has 0 aliphatic carbocycles. The second-order valence-electron chi connectivity index (χ2n) is 3.44. The van der Waals surface area contributed by atoms with Crippen molar-refractivity contribution < 1.29 is 4.65 Å². The molecule has 0 saturated carbocycles. The lowest BCUT2D eigenvalue weighted by Crippen LogP contribution is -2.26. The minimum Gasteiger partial charge on any atom is -0.559 e. The summed E-state index contributed by atoms with van der Waals surface area (Å²) in [6, 6.07) is 16.6. The van der Waals surface area contributed by atoms with E-state index >= 15 is 0 Å². The second-order valence-corrected chi connectivity index (χ2v) is 3.44. The fourth-order valence-corrected chi connectivity index (χ4v) is 1.88. The average molecular weight is 180 g/mol. The molecule has 2 heteroatoms. The van der Waals surface area contributed by atoms with E-state index in [0.29, 0.717) is 7.48 Å². The molecule has 0 unspecified atom stereocenters. The van der Waals surface area contributed by atoms with Crippen molar-refractivity contribution in [3.8, 4) is 16.9 Å². The number of rotatable bonds is 0. The summed E-state index contributed by atoms with van der Waals surface area (Å²) >= 11 is 0. The Morgan fingerprint density at radius 2 is 1.50 bits per heavy atom. The number of hydrogen-bond donors (Lipinski definition) is 0. The minimum absolute atomic E-state index is 0.688. The third-order valence-electron chi connectivity index (χ3n) is 2.58. The van der Waals surface area contributed by atoms with Crippen molar-refractivity contribution in [1.82, 2.24) is 0 Å².